The standard InChI is InChI=1S/C18H15F3N4O/c19-18(20,21)16-10-15(17(26)23-13-6-2-1-3-7-13)25(24-16)14-8-4-5-12(9-14)11-22/h1-10H,11,22H2,(H,23,26). The molecule has 8 heteroatoms. The minimum absolute atomic E-state index is 0.215. The number of amides is 1. The number of carbonyl (C=O) groups excluding carboxylic acids is 1. The lowest BCUT2D eigenvalue weighted by atomic mass is 10.2. The first kappa shape index (κ1) is 17.7. The van der Waals surface area contributed by atoms with E-state index in [1.54, 1.807) is 54.6 Å². The Kier molecular flexibility index (Phi) is 4.77. The number of anilines is 1. The zero-order valence-corrected chi connectivity index (χ0v) is 13.5. The maximum atomic E-state index is 13.1. The second-order valence-corrected chi connectivity index (χ2v) is 5.52. The predicted molar refractivity (Wildman–Crippen MR) is 90.9 cm³/mol. The van der Waals surface area contributed by atoms with Gasteiger partial charge in [0.05, 0.1) is 5.69 Å². The molecular formula is C18H15F3N4O. The van der Waals surface area contributed by atoms with Crippen LogP contribution in [0, 0.1) is 0 Å². The van der Waals surface area contributed by atoms with Crippen molar-refractivity contribution in [2.75, 3.05) is 5.32 Å². The van der Waals surface area contributed by atoms with Gasteiger partial charge in [-0.25, -0.2) is 4.68 Å². The van der Waals surface area contributed by atoms with Crippen LogP contribution < -0.4 is 11.1 Å². The number of nitrogens with zero attached hydrogens (tertiary/aromatic N) is 2. The summed E-state index contributed by atoms with van der Waals surface area (Å²) in [5.74, 6) is -0.697. The van der Waals surface area contributed by atoms with Gasteiger partial charge in [-0.3, -0.25) is 4.79 Å². The molecule has 1 amide bonds. The number of halogens is 3. The molecule has 3 aromatic rings. The quantitative estimate of drug-likeness (QED) is 0.747. The molecule has 0 radical (unpaired) electrons. The highest BCUT2D eigenvalue weighted by molar-refractivity contribution is 6.03. The van der Waals surface area contributed by atoms with Gasteiger partial charge in [0.15, 0.2) is 5.69 Å². The summed E-state index contributed by atoms with van der Waals surface area (Å²) >= 11 is 0. The number of nitrogens with two attached hydrogens (primary N) is 1. The molecule has 0 aliphatic carbocycles. The minimum atomic E-state index is -4.67. The van der Waals surface area contributed by atoms with Crippen LogP contribution in [0.15, 0.2) is 60.7 Å². The number of benzene rings is 2. The number of nitrogens with one attached hydrogen (secondary N) is 1. The molecule has 0 bridgehead atoms. The summed E-state index contributed by atoms with van der Waals surface area (Å²) in [5, 5.41) is 6.15. The number of carbonyl (C=O) groups is 1. The monoisotopic (exact) mass is 360 g/mol. The highest BCUT2D eigenvalue weighted by Crippen LogP contribution is 2.30. The summed E-state index contributed by atoms with van der Waals surface area (Å²) in [6.07, 6.45) is -4.67. The third-order valence-corrected chi connectivity index (χ3v) is 3.65. The molecule has 1 aromatic heterocycles. The lowest BCUT2D eigenvalue weighted by Gasteiger charge is -2.09. The third-order valence-electron chi connectivity index (χ3n) is 3.65. The van der Waals surface area contributed by atoms with Gasteiger partial charge in [0.25, 0.3) is 5.91 Å². The van der Waals surface area contributed by atoms with E-state index in [1.165, 1.54) is 0 Å². The van der Waals surface area contributed by atoms with Gasteiger partial charge in [-0.1, -0.05) is 30.3 Å². The van der Waals surface area contributed by atoms with Gasteiger partial charge in [0.1, 0.15) is 5.69 Å². The highest BCUT2D eigenvalue weighted by atomic mass is 19.4. The van der Waals surface area contributed by atoms with Crippen LogP contribution >= 0.6 is 0 Å². The molecule has 134 valence electrons. The zero-order chi connectivity index (χ0) is 18.7. The van der Waals surface area contributed by atoms with Crippen molar-refractivity contribution < 1.29 is 18.0 Å². The third kappa shape index (κ3) is 3.75. The van der Waals surface area contributed by atoms with Crippen LogP contribution in [0.4, 0.5) is 18.9 Å². The maximum absolute atomic E-state index is 13.1. The summed E-state index contributed by atoms with van der Waals surface area (Å²) in [6.45, 7) is 0.215. The van der Waals surface area contributed by atoms with Crippen LogP contribution in [0.1, 0.15) is 21.7 Å². The number of para-hydroxylation sites is 1. The van der Waals surface area contributed by atoms with Crippen molar-refractivity contribution in [3.63, 3.8) is 0 Å². The molecule has 2 aromatic carbocycles. The van der Waals surface area contributed by atoms with E-state index in [-0.39, 0.29) is 12.2 Å². The molecule has 0 aliphatic rings. The first-order valence-corrected chi connectivity index (χ1v) is 7.71. The van der Waals surface area contributed by atoms with E-state index >= 15 is 0 Å². The summed E-state index contributed by atoms with van der Waals surface area (Å²) in [6, 6.07) is 15.7. The van der Waals surface area contributed by atoms with Gasteiger partial charge in [0, 0.05) is 18.3 Å². The second kappa shape index (κ2) is 7.01. The first-order valence-electron chi connectivity index (χ1n) is 7.71. The summed E-state index contributed by atoms with van der Waals surface area (Å²) in [4.78, 5) is 12.5. The van der Waals surface area contributed by atoms with Crippen molar-refractivity contribution in [3.05, 3.63) is 77.6 Å². The molecule has 1 heterocycles. The van der Waals surface area contributed by atoms with Crippen LogP contribution in [0.3, 0.4) is 0 Å². The Hall–Kier alpha value is -3.13. The lowest BCUT2D eigenvalue weighted by molar-refractivity contribution is -0.141. The summed E-state index contributed by atoms with van der Waals surface area (Å²) in [5.41, 5.74) is 5.71. The van der Waals surface area contributed by atoms with E-state index in [0.717, 1.165) is 10.7 Å². The van der Waals surface area contributed by atoms with E-state index in [2.05, 4.69) is 10.4 Å². The van der Waals surface area contributed by atoms with Crippen molar-refractivity contribution in [2.24, 2.45) is 5.73 Å². The molecule has 3 rings (SSSR count). The summed E-state index contributed by atoms with van der Waals surface area (Å²) in [7, 11) is 0. The van der Waals surface area contributed by atoms with Gasteiger partial charge in [-0.2, -0.15) is 18.3 Å². The highest BCUT2D eigenvalue weighted by Gasteiger charge is 2.36. The Bertz CT molecular complexity index is 920. The average Bonchev–Trinajstić information content (AvgIpc) is 3.08. The molecule has 0 fully saturated rings. The number of aromatic nitrogens is 2. The van der Waals surface area contributed by atoms with Crippen LogP contribution in [0.5, 0.6) is 0 Å². The van der Waals surface area contributed by atoms with Crippen LogP contribution in [0.2, 0.25) is 0 Å². The van der Waals surface area contributed by atoms with Gasteiger partial charge in [-0.15, -0.1) is 0 Å². The Labute approximate surface area is 147 Å². The van der Waals surface area contributed by atoms with Crippen LogP contribution in [0.25, 0.3) is 5.69 Å². The SMILES string of the molecule is NCc1cccc(-n2nc(C(F)(F)F)cc2C(=O)Nc2ccccc2)c1. The topological polar surface area (TPSA) is 72.9 Å². The fraction of sp³-hybridized carbons (Fsp3) is 0.111. The molecule has 0 unspecified atom stereocenters. The van der Waals surface area contributed by atoms with Crippen LogP contribution in [-0.2, 0) is 12.7 Å². The number of hydrogen-bond donors (Lipinski definition) is 2. The molecule has 5 nitrogen and oxygen atoms in total. The van der Waals surface area contributed by atoms with Crippen molar-refractivity contribution in [1.29, 1.82) is 0 Å². The van der Waals surface area contributed by atoms with Crippen LogP contribution in [-0.4, -0.2) is 15.7 Å². The van der Waals surface area contributed by atoms with E-state index < -0.39 is 17.8 Å². The predicted octanol–water partition coefficient (Wildman–Crippen LogP) is 3.60. The molecule has 0 aliphatic heterocycles. The molecule has 0 saturated carbocycles. The molecular weight excluding hydrogens is 345 g/mol. The minimum Gasteiger partial charge on any atom is -0.326 e. The maximum Gasteiger partial charge on any atom is 0.435 e. The second-order valence-electron chi connectivity index (χ2n) is 5.52. The number of alkyl halides is 3. The van der Waals surface area contributed by atoms with E-state index in [1.807, 2.05) is 0 Å². The van der Waals surface area contributed by atoms with E-state index in [0.29, 0.717) is 16.9 Å². The molecule has 3 N–H and O–H groups in total. The normalized spacial score (nSPS) is 11.4. The summed E-state index contributed by atoms with van der Waals surface area (Å²) < 4.78 is 40.3. The first-order chi connectivity index (χ1) is 12.4. The fourth-order valence-corrected chi connectivity index (χ4v) is 2.41. The lowest BCUT2D eigenvalue weighted by Crippen LogP contribution is -2.17. The smallest absolute Gasteiger partial charge is 0.326 e. The van der Waals surface area contributed by atoms with Crippen molar-refractivity contribution in [3.8, 4) is 5.69 Å². The van der Waals surface area contributed by atoms with Gasteiger partial charge < -0.3 is 11.1 Å². The average molecular weight is 360 g/mol. The Morgan fingerprint density at radius 1 is 1.08 bits per heavy atom. The van der Waals surface area contributed by atoms with Gasteiger partial charge in [0.2, 0.25) is 0 Å². The largest absolute Gasteiger partial charge is 0.435 e. The molecule has 0 saturated heterocycles. The Morgan fingerprint density at radius 3 is 2.46 bits per heavy atom. The Balaban J connectivity index is 2.05. The molecule has 0 spiro atoms. The molecule has 26 heavy (non-hydrogen) atoms. The van der Waals surface area contributed by atoms with Gasteiger partial charge in [-0.05, 0) is 29.8 Å². The number of hydrogen-bond acceptors (Lipinski definition) is 3. The zero-order valence-electron chi connectivity index (χ0n) is 13.5. The van der Waals surface area contributed by atoms with Crippen molar-refractivity contribution in [2.45, 2.75) is 12.7 Å². The van der Waals surface area contributed by atoms with Crippen molar-refractivity contribution >= 4 is 11.6 Å². The van der Waals surface area contributed by atoms with E-state index in [4.69, 9.17) is 5.73 Å². The Morgan fingerprint density at radius 2 is 1.81 bits per heavy atom. The fourth-order valence-electron chi connectivity index (χ4n) is 2.41. The van der Waals surface area contributed by atoms with Crippen molar-refractivity contribution in [1.82, 2.24) is 9.78 Å². The van der Waals surface area contributed by atoms with E-state index in [9.17, 15) is 18.0 Å². The molecule has 0 atom stereocenters. The number of rotatable bonds is 4. The van der Waals surface area contributed by atoms with Gasteiger partial charge >= 0.3 is 6.18 Å².